The molecule has 0 fully saturated rings. The highest BCUT2D eigenvalue weighted by atomic mass is 13.7. The molecule has 0 radical (unpaired) electrons. The molecule has 0 aliphatic rings. The van der Waals surface area contributed by atoms with Crippen LogP contribution in [0.2, 0.25) is 0 Å². The number of rotatable bonds is 2. The van der Waals surface area contributed by atoms with Crippen LogP contribution in [0.15, 0.2) is 24.3 Å². The second-order valence-corrected chi connectivity index (χ2v) is 2.08. The molecule has 0 rings (SSSR count). The van der Waals surface area contributed by atoms with Crippen molar-refractivity contribution in [2.75, 3.05) is 0 Å². The van der Waals surface area contributed by atoms with Crippen molar-refractivity contribution in [3.05, 3.63) is 24.3 Å². The molecule has 0 spiro atoms. The molecule has 0 nitrogen and oxygen atoms in total. The Morgan fingerprint density at radius 1 is 0.900 bits per heavy atom. The molecule has 0 N–H and O–H groups in total. The molecule has 0 amide bonds. The van der Waals surface area contributed by atoms with Gasteiger partial charge in [-0.3, -0.25) is 0 Å². The molecule has 0 aliphatic carbocycles. The minimum absolute atomic E-state index is 1.08. The maximum absolute atomic E-state index is 2.12. The summed E-state index contributed by atoms with van der Waals surface area (Å²) in [5.41, 5.74) is 0. The smallest absolute Gasteiger partial charge is 0.0169 e. The van der Waals surface area contributed by atoms with E-state index in [1.807, 2.05) is 13.8 Å². The SMILES string of the molecule is C/C=C\C/C=C\C.CCC. The monoisotopic (exact) mass is 140 g/mol. The fraction of sp³-hybridized carbons (Fsp3) is 0.600. The molecule has 0 saturated heterocycles. The van der Waals surface area contributed by atoms with E-state index in [1.165, 1.54) is 6.42 Å². The van der Waals surface area contributed by atoms with E-state index >= 15 is 0 Å². The molecular formula is C10H20. The molecule has 60 valence electrons. The van der Waals surface area contributed by atoms with Gasteiger partial charge in [0.15, 0.2) is 0 Å². The predicted molar refractivity (Wildman–Crippen MR) is 50.2 cm³/mol. The molecule has 0 aliphatic heterocycles. The molecule has 10 heavy (non-hydrogen) atoms. The van der Waals surface area contributed by atoms with E-state index in [2.05, 4.69) is 38.2 Å². The lowest BCUT2D eigenvalue weighted by Gasteiger charge is -1.73. The van der Waals surface area contributed by atoms with Crippen molar-refractivity contribution in [3.8, 4) is 0 Å². The minimum atomic E-state index is 1.08. The van der Waals surface area contributed by atoms with Crippen molar-refractivity contribution in [1.82, 2.24) is 0 Å². The van der Waals surface area contributed by atoms with E-state index in [1.54, 1.807) is 0 Å². The van der Waals surface area contributed by atoms with Crippen molar-refractivity contribution < 1.29 is 0 Å². The lowest BCUT2D eigenvalue weighted by Crippen LogP contribution is -1.52. The van der Waals surface area contributed by atoms with Gasteiger partial charge in [0.05, 0.1) is 0 Å². The van der Waals surface area contributed by atoms with Crippen molar-refractivity contribution in [3.63, 3.8) is 0 Å². The molecular weight excluding hydrogens is 120 g/mol. The van der Waals surface area contributed by atoms with E-state index < -0.39 is 0 Å². The van der Waals surface area contributed by atoms with Crippen molar-refractivity contribution in [2.45, 2.75) is 40.5 Å². The van der Waals surface area contributed by atoms with Crippen LogP contribution in [0, 0.1) is 0 Å². The molecule has 0 saturated carbocycles. The van der Waals surface area contributed by atoms with Crippen LogP contribution in [0.5, 0.6) is 0 Å². The zero-order chi connectivity index (χ0) is 8.24. The summed E-state index contributed by atoms with van der Waals surface area (Å²) >= 11 is 0. The summed E-state index contributed by atoms with van der Waals surface area (Å²) in [7, 11) is 0. The van der Waals surface area contributed by atoms with Gasteiger partial charge < -0.3 is 0 Å². The van der Waals surface area contributed by atoms with Gasteiger partial charge in [-0.05, 0) is 20.3 Å². The van der Waals surface area contributed by atoms with Crippen molar-refractivity contribution in [1.29, 1.82) is 0 Å². The van der Waals surface area contributed by atoms with Gasteiger partial charge >= 0.3 is 0 Å². The summed E-state index contributed by atoms with van der Waals surface area (Å²) in [4.78, 5) is 0. The molecule has 0 atom stereocenters. The highest BCUT2D eigenvalue weighted by molar-refractivity contribution is 4.88. The van der Waals surface area contributed by atoms with Gasteiger partial charge in [0.25, 0.3) is 0 Å². The molecule has 0 aromatic carbocycles. The Kier molecular flexibility index (Phi) is 19.3. The number of hydrogen-bond donors (Lipinski definition) is 0. The third-order valence-corrected chi connectivity index (χ3v) is 0.744. The summed E-state index contributed by atoms with van der Waals surface area (Å²) in [6, 6.07) is 0. The fourth-order valence-corrected chi connectivity index (χ4v) is 0.351. The molecule has 0 aromatic heterocycles. The first-order valence-corrected chi connectivity index (χ1v) is 4.05. The third kappa shape index (κ3) is 25.9. The first-order valence-electron chi connectivity index (χ1n) is 4.05. The summed E-state index contributed by atoms with van der Waals surface area (Å²) in [5, 5.41) is 0. The standard InChI is InChI=1S/C7H12.C3H8/c1-3-5-7-6-4-2;1-3-2/h3-6H,7H2,1-2H3;3H2,1-2H3/b5-3-,6-4-;. The Bertz CT molecular complexity index is 68.0. The van der Waals surface area contributed by atoms with Crippen LogP contribution in [-0.2, 0) is 0 Å². The largest absolute Gasteiger partial charge is 0.0914 e. The van der Waals surface area contributed by atoms with Crippen LogP contribution in [-0.4, -0.2) is 0 Å². The Morgan fingerprint density at radius 2 is 1.20 bits per heavy atom. The Morgan fingerprint density at radius 3 is 1.40 bits per heavy atom. The maximum Gasteiger partial charge on any atom is -0.0169 e. The normalized spacial score (nSPS) is 10.0. The lowest BCUT2D eigenvalue weighted by molar-refractivity contribution is 1.09. The van der Waals surface area contributed by atoms with Crippen LogP contribution in [0.25, 0.3) is 0 Å². The second-order valence-electron chi connectivity index (χ2n) is 2.08. The highest BCUT2D eigenvalue weighted by Crippen LogP contribution is 1.82. The second kappa shape index (κ2) is 15.8. The maximum atomic E-state index is 2.12. The zero-order valence-electron chi connectivity index (χ0n) is 7.72. The van der Waals surface area contributed by atoms with Crippen LogP contribution in [0.4, 0.5) is 0 Å². The van der Waals surface area contributed by atoms with Gasteiger partial charge in [0.1, 0.15) is 0 Å². The topological polar surface area (TPSA) is 0 Å². The van der Waals surface area contributed by atoms with E-state index in [4.69, 9.17) is 0 Å². The van der Waals surface area contributed by atoms with Gasteiger partial charge in [-0.25, -0.2) is 0 Å². The van der Waals surface area contributed by atoms with Gasteiger partial charge in [0, 0.05) is 0 Å². The molecule has 0 unspecified atom stereocenters. The zero-order valence-corrected chi connectivity index (χ0v) is 7.72. The van der Waals surface area contributed by atoms with Gasteiger partial charge in [0.2, 0.25) is 0 Å². The predicted octanol–water partition coefficient (Wildman–Crippen LogP) is 3.95. The number of allylic oxidation sites excluding steroid dienone is 4. The van der Waals surface area contributed by atoms with Gasteiger partial charge in [-0.1, -0.05) is 44.6 Å². The van der Waals surface area contributed by atoms with E-state index in [0.29, 0.717) is 0 Å². The average Bonchev–Trinajstić information content (AvgIpc) is 1.91. The number of hydrogen-bond acceptors (Lipinski definition) is 0. The Hall–Kier alpha value is -0.520. The summed E-state index contributed by atoms with van der Waals surface area (Å²) in [6.07, 6.45) is 10.7. The van der Waals surface area contributed by atoms with E-state index in [0.717, 1.165) is 6.42 Å². The van der Waals surface area contributed by atoms with Gasteiger partial charge in [-0.15, -0.1) is 0 Å². The summed E-state index contributed by atoms with van der Waals surface area (Å²) in [6.45, 7) is 8.31. The lowest BCUT2D eigenvalue weighted by atomic mass is 10.3. The first-order chi connectivity index (χ1) is 4.83. The van der Waals surface area contributed by atoms with Crippen LogP contribution >= 0.6 is 0 Å². The summed E-state index contributed by atoms with van der Waals surface area (Å²) in [5.74, 6) is 0. The highest BCUT2D eigenvalue weighted by Gasteiger charge is 1.61. The Balaban J connectivity index is 0. The van der Waals surface area contributed by atoms with E-state index in [-0.39, 0.29) is 0 Å². The average molecular weight is 140 g/mol. The molecule has 0 heterocycles. The Labute approximate surface area is 65.7 Å². The van der Waals surface area contributed by atoms with Crippen LogP contribution < -0.4 is 0 Å². The fourth-order valence-electron chi connectivity index (χ4n) is 0.351. The third-order valence-electron chi connectivity index (χ3n) is 0.744. The molecule has 0 bridgehead atoms. The minimum Gasteiger partial charge on any atom is -0.0914 e. The summed E-state index contributed by atoms with van der Waals surface area (Å²) < 4.78 is 0. The van der Waals surface area contributed by atoms with Crippen LogP contribution in [0.3, 0.4) is 0 Å². The quantitative estimate of drug-likeness (QED) is 0.509. The van der Waals surface area contributed by atoms with Crippen LogP contribution in [0.1, 0.15) is 40.5 Å². The van der Waals surface area contributed by atoms with Gasteiger partial charge in [-0.2, -0.15) is 0 Å². The van der Waals surface area contributed by atoms with E-state index in [9.17, 15) is 0 Å². The van der Waals surface area contributed by atoms with Crippen molar-refractivity contribution in [2.24, 2.45) is 0 Å². The molecule has 0 heteroatoms. The first kappa shape index (κ1) is 12.2. The van der Waals surface area contributed by atoms with Crippen molar-refractivity contribution >= 4 is 0 Å². The molecule has 0 aromatic rings.